The van der Waals surface area contributed by atoms with E-state index in [1.54, 1.807) is 0 Å². The quantitative estimate of drug-likeness (QED) is 0.563. The zero-order chi connectivity index (χ0) is 12.5. The second-order valence-electron chi connectivity index (χ2n) is 3.87. The number of nitrogens with one attached hydrogen (secondary N) is 1. The molecule has 1 N–H and O–H groups in total. The minimum Gasteiger partial charge on any atom is -0.382 e. The third kappa shape index (κ3) is 5.45. The van der Waals surface area contributed by atoms with Crippen molar-refractivity contribution in [1.29, 1.82) is 0 Å². The molecule has 0 bridgehead atoms. The van der Waals surface area contributed by atoms with Crippen molar-refractivity contribution >= 4 is 5.91 Å². The molecule has 0 fully saturated rings. The van der Waals surface area contributed by atoms with Gasteiger partial charge in [-0.2, -0.15) is 4.57 Å². The number of aromatic nitrogens is 1. The van der Waals surface area contributed by atoms with Gasteiger partial charge in [0.25, 0.3) is 5.91 Å². The molecule has 94 valence electrons. The summed E-state index contributed by atoms with van der Waals surface area (Å²) >= 11 is 0. The summed E-state index contributed by atoms with van der Waals surface area (Å²) in [5.41, 5.74) is 1.08. The average Bonchev–Trinajstić information content (AvgIpc) is 2.32. The van der Waals surface area contributed by atoms with E-state index in [4.69, 9.17) is 4.74 Å². The zero-order valence-electron chi connectivity index (χ0n) is 10.6. The van der Waals surface area contributed by atoms with E-state index in [-0.39, 0.29) is 5.91 Å². The van der Waals surface area contributed by atoms with Crippen LogP contribution in [0.15, 0.2) is 24.4 Å². The van der Waals surface area contributed by atoms with Crippen LogP contribution in [-0.2, 0) is 16.1 Å². The van der Waals surface area contributed by atoms with Crippen molar-refractivity contribution in [3.05, 3.63) is 30.1 Å². The molecule has 1 rings (SSSR count). The van der Waals surface area contributed by atoms with Gasteiger partial charge in [0.05, 0.1) is 0 Å². The van der Waals surface area contributed by atoms with Crippen molar-refractivity contribution in [3.8, 4) is 0 Å². The molecule has 17 heavy (non-hydrogen) atoms. The minimum atomic E-state index is 0.0424. The monoisotopic (exact) mass is 237 g/mol. The minimum absolute atomic E-state index is 0.0424. The Labute approximate surface area is 103 Å². The number of rotatable bonds is 7. The third-order valence-corrected chi connectivity index (χ3v) is 2.47. The number of carbonyl (C=O) groups excluding carboxylic acids is 1. The highest BCUT2D eigenvalue weighted by molar-refractivity contribution is 5.74. The van der Waals surface area contributed by atoms with Crippen molar-refractivity contribution in [3.63, 3.8) is 0 Å². The van der Waals surface area contributed by atoms with Gasteiger partial charge in [0.1, 0.15) is 0 Å². The van der Waals surface area contributed by atoms with Crippen LogP contribution >= 0.6 is 0 Å². The highest BCUT2D eigenvalue weighted by Crippen LogP contribution is 1.87. The molecule has 0 aliphatic rings. The Morgan fingerprint density at radius 2 is 2.29 bits per heavy atom. The molecule has 1 aromatic rings. The van der Waals surface area contributed by atoms with Crippen LogP contribution in [0.1, 0.15) is 19.0 Å². The molecule has 1 amide bonds. The summed E-state index contributed by atoms with van der Waals surface area (Å²) in [4.78, 5) is 11.6. The summed E-state index contributed by atoms with van der Waals surface area (Å²) in [5, 5.41) is 2.88. The van der Waals surface area contributed by atoms with Gasteiger partial charge in [0.15, 0.2) is 11.9 Å². The van der Waals surface area contributed by atoms with E-state index in [2.05, 4.69) is 5.32 Å². The number of pyridine rings is 1. The second kappa shape index (κ2) is 7.79. The van der Waals surface area contributed by atoms with Crippen molar-refractivity contribution in [2.75, 3.05) is 19.8 Å². The highest BCUT2D eigenvalue weighted by atomic mass is 16.5. The lowest BCUT2D eigenvalue weighted by Crippen LogP contribution is -2.44. The van der Waals surface area contributed by atoms with Crippen molar-refractivity contribution < 1.29 is 14.1 Å². The van der Waals surface area contributed by atoms with Gasteiger partial charge in [-0.1, -0.05) is 6.07 Å². The summed E-state index contributed by atoms with van der Waals surface area (Å²) in [6.45, 7) is 6.43. The van der Waals surface area contributed by atoms with Crippen LogP contribution in [0.4, 0.5) is 0 Å². The van der Waals surface area contributed by atoms with Crippen molar-refractivity contribution in [1.82, 2.24) is 5.32 Å². The van der Waals surface area contributed by atoms with Crippen LogP contribution in [0.3, 0.4) is 0 Å². The Morgan fingerprint density at radius 3 is 3.00 bits per heavy atom. The highest BCUT2D eigenvalue weighted by Gasteiger charge is 2.10. The van der Waals surface area contributed by atoms with E-state index in [1.165, 1.54) is 0 Å². The Kier molecular flexibility index (Phi) is 6.25. The normalized spacial score (nSPS) is 10.2. The number of amides is 1. The zero-order valence-corrected chi connectivity index (χ0v) is 10.6. The first-order valence-corrected chi connectivity index (χ1v) is 6.03. The van der Waals surface area contributed by atoms with Gasteiger partial charge in [-0.15, -0.1) is 0 Å². The van der Waals surface area contributed by atoms with Crippen molar-refractivity contribution in [2.24, 2.45) is 0 Å². The van der Waals surface area contributed by atoms with Gasteiger partial charge in [-0.3, -0.25) is 4.79 Å². The first-order chi connectivity index (χ1) is 8.24. The van der Waals surface area contributed by atoms with E-state index < -0.39 is 0 Å². The van der Waals surface area contributed by atoms with Crippen LogP contribution in [-0.4, -0.2) is 25.7 Å². The van der Waals surface area contributed by atoms with E-state index in [9.17, 15) is 4.79 Å². The summed E-state index contributed by atoms with van der Waals surface area (Å²) in [7, 11) is 0. The predicted molar refractivity (Wildman–Crippen MR) is 65.5 cm³/mol. The van der Waals surface area contributed by atoms with E-state index in [0.29, 0.717) is 19.7 Å². The lowest BCUT2D eigenvalue weighted by Gasteiger charge is -2.04. The van der Waals surface area contributed by atoms with Crippen LogP contribution in [0.25, 0.3) is 0 Å². The fraction of sp³-hybridized carbons (Fsp3) is 0.538. The van der Waals surface area contributed by atoms with Gasteiger partial charge in [0.2, 0.25) is 6.54 Å². The largest absolute Gasteiger partial charge is 0.382 e. The Morgan fingerprint density at radius 1 is 1.47 bits per heavy atom. The second-order valence-corrected chi connectivity index (χ2v) is 3.87. The molecule has 0 saturated heterocycles. The first kappa shape index (κ1) is 13.6. The van der Waals surface area contributed by atoms with Crippen molar-refractivity contribution in [2.45, 2.75) is 26.8 Å². The maximum absolute atomic E-state index is 11.6. The summed E-state index contributed by atoms with van der Waals surface area (Å²) in [5.74, 6) is 0.0424. The summed E-state index contributed by atoms with van der Waals surface area (Å²) < 4.78 is 7.12. The topological polar surface area (TPSA) is 42.2 Å². The van der Waals surface area contributed by atoms with Crippen LogP contribution in [0.5, 0.6) is 0 Å². The maximum atomic E-state index is 11.6. The number of ether oxygens (including phenoxy) is 1. The molecule has 0 radical (unpaired) electrons. The number of hydrogen-bond donors (Lipinski definition) is 1. The molecule has 0 unspecified atom stereocenters. The van der Waals surface area contributed by atoms with Gasteiger partial charge in [-0.25, -0.2) is 0 Å². The van der Waals surface area contributed by atoms with E-state index in [1.807, 2.05) is 42.8 Å². The van der Waals surface area contributed by atoms with Gasteiger partial charge < -0.3 is 10.1 Å². The fourth-order valence-corrected chi connectivity index (χ4v) is 1.50. The lowest BCUT2D eigenvalue weighted by molar-refractivity contribution is -0.690. The molecule has 0 spiro atoms. The molecule has 0 aromatic carbocycles. The van der Waals surface area contributed by atoms with Crippen LogP contribution in [0.2, 0.25) is 0 Å². The third-order valence-electron chi connectivity index (χ3n) is 2.47. The lowest BCUT2D eigenvalue weighted by atomic mass is 10.3. The fourth-order valence-electron chi connectivity index (χ4n) is 1.50. The summed E-state index contributed by atoms with van der Waals surface area (Å²) in [6, 6.07) is 5.88. The molecule has 1 heterocycles. The van der Waals surface area contributed by atoms with Crippen LogP contribution in [0, 0.1) is 6.92 Å². The molecule has 4 nitrogen and oxygen atoms in total. The summed E-state index contributed by atoms with van der Waals surface area (Å²) in [6.07, 6.45) is 2.77. The molecule has 1 aromatic heterocycles. The average molecular weight is 237 g/mol. The van der Waals surface area contributed by atoms with Gasteiger partial charge in [-0.05, 0) is 13.3 Å². The maximum Gasteiger partial charge on any atom is 0.286 e. The first-order valence-electron chi connectivity index (χ1n) is 6.03. The molecular formula is C13H21N2O2+. The molecule has 0 aliphatic carbocycles. The Bertz CT molecular complexity index is 353. The molecular weight excluding hydrogens is 216 g/mol. The number of nitrogens with zero attached hydrogens (tertiary/aromatic N) is 1. The molecule has 0 saturated carbocycles. The van der Waals surface area contributed by atoms with Gasteiger partial charge in [0, 0.05) is 38.8 Å². The number of carbonyl (C=O) groups is 1. The van der Waals surface area contributed by atoms with E-state index in [0.717, 1.165) is 18.7 Å². The number of hydrogen-bond acceptors (Lipinski definition) is 2. The van der Waals surface area contributed by atoms with Crippen LogP contribution < -0.4 is 9.88 Å². The molecule has 0 aliphatic heterocycles. The SMILES string of the molecule is CCOCCCNC(=O)C[n+]1ccccc1C. The standard InChI is InChI=1S/C13H20N2O2/c1-3-17-10-6-8-14-13(16)11-15-9-5-4-7-12(15)2/h4-5,7,9H,3,6,8,10-11H2,1-2H3/p+1. The molecule has 4 heteroatoms. The predicted octanol–water partition coefficient (Wildman–Crippen LogP) is 0.825. The van der Waals surface area contributed by atoms with E-state index >= 15 is 0 Å². The van der Waals surface area contributed by atoms with Gasteiger partial charge >= 0.3 is 0 Å². The molecule has 0 atom stereocenters. The number of aryl methyl sites for hydroxylation is 1. The smallest absolute Gasteiger partial charge is 0.286 e. The Balaban J connectivity index is 2.23. The Hall–Kier alpha value is -1.42.